The number of amides is 2. The van der Waals surface area contributed by atoms with Gasteiger partial charge in [-0.1, -0.05) is 13.0 Å². The average molecular weight is 606 g/mol. The van der Waals surface area contributed by atoms with E-state index in [0.29, 0.717) is 60.5 Å². The fraction of sp³-hybridized carbons (Fsp3) is 0.344. The number of aromatic nitrogens is 1. The Morgan fingerprint density at radius 3 is 2.66 bits per heavy atom. The van der Waals surface area contributed by atoms with Crippen LogP contribution >= 0.6 is 0 Å². The maximum Gasteiger partial charge on any atom is 0.416 e. The highest BCUT2D eigenvalue weighted by molar-refractivity contribution is 5.97. The van der Waals surface area contributed by atoms with Gasteiger partial charge in [0, 0.05) is 62.0 Å². The average Bonchev–Trinajstić information content (AvgIpc) is 3.53. The first-order chi connectivity index (χ1) is 21.2. The number of carbonyl (C=O) groups is 2. The molecule has 4 aliphatic rings. The molecule has 0 bridgehead atoms. The van der Waals surface area contributed by atoms with Gasteiger partial charge in [-0.2, -0.15) is 13.2 Å². The minimum absolute atomic E-state index is 0.0678. The minimum atomic E-state index is -4.59. The fourth-order valence-electron chi connectivity index (χ4n) is 6.07. The fourth-order valence-corrected chi connectivity index (χ4v) is 6.07. The number of ether oxygens (including phenoxy) is 2. The van der Waals surface area contributed by atoms with Gasteiger partial charge in [-0.15, -0.1) is 0 Å². The van der Waals surface area contributed by atoms with E-state index in [1.54, 1.807) is 24.4 Å². The van der Waals surface area contributed by atoms with Crippen molar-refractivity contribution in [3.63, 3.8) is 0 Å². The number of piperazine rings is 1. The molecule has 1 atom stereocenters. The summed E-state index contributed by atoms with van der Waals surface area (Å²) in [6, 6.07) is 10.9. The molecule has 2 amide bonds. The van der Waals surface area contributed by atoms with Crippen molar-refractivity contribution in [2.75, 3.05) is 38.0 Å². The lowest BCUT2D eigenvalue weighted by atomic mass is 10.0. The molecule has 3 aliphatic heterocycles. The van der Waals surface area contributed by atoms with Crippen LogP contribution in [-0.2, 0) is 23.9 Å². The SMILES string of the molecule is CCN1CCN(Cc2ccc(C(=O)NC3=C4Oc5ccc(Oc6ccnc7c6CCC(=O)N7)cc5C34)cc2C(F)(F)F)CC1. The monoisotopic (exact) mass is 605 g/mol. The quantitative estimate of drug-likeness (QED) is 0.390. The molecule has 1 aromatic heterocycles. The highest BCUT2D eigenvalue weighted by atomic mass is 19.4. The lowest BCUT2D eigenvalue weighted by Crippen LogP contribution is -2.45. The smallest absolute Gasteiger partial charge is 0.416 e. The molecule has 4 heterocycles. The summed E-state index contributed by atoms with van der Waals surface area (Å²) in [7, 11) is 0. The summed E-state index contributed by atoms with van der Waals surface area (Å²) in [5.41, 5.74) is 1.42. The van der Waals surface area contributed by atoms with Gasteiger partial charge >= 0.3 is 6.18 Å². The molecule has 7 rings (SSSR count). The molecule has 1 fully saturated rings. The van der Waals surface area contributed by atoms with Crippen molar-refractivity contribution in [3.05, 3.63) is 87.9 Å². The second kappa shape index (κ2) is 10.9. The molecule has 0 saturated carbocycles. The zero-order chi connectivity index (χ0) is 30.6. The van der Waals surface area contributed by atoms with E-state index in [1.165, 1.54) is 12.1 Å². The molecule has 2 aromatic carbocycles. The first-order valence-corrected chi connectivity index (χ1v) is 14.7. The van der Waals surface area contributed by atoms with E-state index in [0.717, 1.165) is 36.8 Å². The summed E-state index contributed by atoms with van der Waals surface area (Å²) in [6.07, 6.45) is -2.17. The predicted octanol–water partition coefficient (Wildman–Crippen LogP) is 5.05. The number of nitrogens with zero attached hydrogens (tertiary/aromatic N) is 3. The number of anilines is 1. The van der Waals surface area contributed by atoms with E-state index in [1.807, 2.05) is 11.0 Å². The molecular formula is C32H30F3N5O4. The van der Waals surface area contributed by atoms with Crippen LogP contribution in [0.25, 0.3) is 0 Å². The second-order valence-electron chi connectivity index (χ2n) is 11.3. The standard InChI is InChI=1S/C32H30F3N5O4/c1-2-39-11-13-40(14-12-39)17-19-4-3-18(15-23(19)32(33,34)35)31(42)38-28-27-22-16-20(5-7-24(22)44-29(27)28)43-25-9-10-36-30-21(25)6-8-26(41)37-30/h3-5,7,9-10,15-16,27H,2,6,8,11-14,17H2,1H3,(H,38,42)(H,36,37,41). The first kappa shape index (κ1) is 28.4. The lowest BCUT2D eigenvalue weighted by Gasteiger charge is -2.34. The van der Waals surface area contributed by atoms with Gasteiger partial charge in [-0.05, 0) is 54.9 Å². The number of benzene rings is 2. The molecule has 12 heteroatoms. The van der Waals surface area contributed by atoms with Gasteiger partial charge in [-0.25, -0.2) is 4.98 Å². The van der Waals surface area contributed by atoms with Gasteiger partial charge in [0.1, 0.15) is 28.8 Å². The molecule has 2 N–H and O–H groups in total. The van der Waals surface area contributed by atoms with Crippen LogP contribution in [0.15, 0.2) is 60.1 Å². The number of nitrogens with one attached hydrogen (secondary N) is 2. The van der Waals surface area contributed by atoms with Crippen molar-refractivity contribution < 1.29 is 32.2 Å². The third kappa shape index (κ3) is 5.39. The highest BCUT2D eigenvalue weighted by Crippen LogP contribution is 2.57. The van der Waals surface area contributed by atoms with Gasteiger partial charge < -0.3 is 25.0 Å². The Bertz CT molecular complexity index is 1700. The van der Waals surface area contributed by atoms with Crippen LogP contribution in [0.2, 0.25) is 0 Å². The van der Waals surface area contributed by atoms with Crippen molar-refractivity contribution in [1.82, 2.24) is 20.1 Å². The third-order valence-corrected chi connectivity index (χ3v) is 8.58. The summed E-state index contributed by atoms with van der Waals surface area (Å²) >= 11 is 0. The Labute approximate surface area is 251 Å². The number of carbonyl (C=O) groups excluding carboxylic acids is 2. The van der Waals surface area contributed by atoms with E-state index in [9.17, 15) is 22.8 Å². The number of allylic oxidation sites excluding steroid dienone is 2. The van der Waals surface area contributed by atoms with Gasteiger partial charge in [0.2, 0.25) is 5.91 Å². The number of rotatable bonds is 7. The van der Waals surface area contributed by atoms with E-state index in [4.69, 9.17) is 9.47 Å². The number of hydrogen-bond acceptors (Lipinski definition) is 7. The summed E-state index contributed by atoms with van der Waals surface area (Å²) in [4.78, 5) is 33.4. The van der Waals surface area contributed by atoms with E-state index in [-0.39, 0.29) is 29.5 Å². The van der Waals surface area contributed by atoms with E-state index >= 15 is 0 Å². The largest absolute Gasteiger partial charge is 0.458 e. The van der Waals surface area contributed by atoms with Crippen LogP contribution < -0.4 is 20.1 Å². The van der Waals surface area contributed by atoms with Crippen LogP contribution in [0.3, 0.4) is 0 Å². The molecule has 9 nitrogen and oxygen atoms in total. The molecule has 1 aliphatic carbocycles. The Hall–Kier alpha value is -4.42. The van der Waals surface area contributed by atoms with Crippen LogP contribution in [0.1, 0.15) is 51.9 Å². The summed E-state index contributed by atoms with van der Waals surface area (Å²) < 4.78 is 54.3. The highest BCUT2D eigenvalue weighted by Gasteiger charge is 2.49. The normalized spacial score (nSPS) is 19.5. The van der Waals surface area contributed by atoms with Crippen molar-refractivity contribution in [3.8, 4) is 17.2 Å². The van der Waals surface area contributed by atoms with Gasteiger partial charge in [-0.3, -0.25) is 14.5 Å². The summed E-state index contributed by atoms with van der Waals surface area (Å²) in [6.45, 7) is 6.21. The van der Waals surface area contributed by atoms with E-state index < -0.39 is 17.6 Å². The van der Waals surface area contributed by atoms with Crippen LogP contribution in [0.4, 0.5) is 19.0 Å². The Balaban J connectivity index is 1.04. The molecule has 1 unspecified atom stereocenters. The first-order valence-electron chi connectivity index (χ1n) is 14.7. The Morgan fingerprint density at radius 1 is 1.09 bits per heavy atom. The minimum Gasteiger partial charge on any atom is -0.458 e. The Morgan fingerprint density at radius 2 is 1.89 bits per heavy atom. The van der Waals surface area contributed by atoms with Crippen molar-refractivity contribution in [2.45, 2.75) is 38.4 Å². The third-order valence-electron chi connectivity index (χ3n) is 8.58. The van der Waals surface area contributed by atoms with E-state index in [2.05, 4.69) is 27.4 Å². The molecule has 0 radical (unpaired) electrons. The number of fused-ring (bicyclic) bond motifs is 4. The van der Waals surface area contributed by atoms with Crippen molar-refractivity contribution in [1.29, 1.82) is 0 Å². The van der Waals surface area contributed by atoms with Gasteiger partial charge in [0.15, 0.2) is 0 Å². The van der Waals surface area contributed by atoms with Crippen LogP contribution in [0, 0.1) is 0 Å². The number of likely N-dealkylation sites (N-methyl/N-ethyl adjacent to an activating group) is 1. The molecule has 1 saturated heterocycles. The molecule has 228 valence electrons. The second-order valence-corrected chi connectivity index (χ2v) is 11.3. The number of hydrogen-bond donors (Lipinski definition) is 2. The molecule has 0 spiro atoms. The van der Waals surface area contributed by atoms with Gasteiger partial charge in [0.05, 0.1) is 17.2 Å². The molecule has 3 aromatic rings. The maximum atomic E-state index is 14.1. The summed E-state index contributed by atoms with van der Waals surface area (Å²) in [5, 5.41) is 5.51. The van der Waals surface area contributed by atoms with Crippen LogP contribution in [-0.4, -0.2) is 59.3 Å². The number of halogens is 3. The number of pyridine rings is 1. The lowest BCUT2D eigenvalue weighted by molar-refractivity contribution is -0.138. The Kier molecular flexibility index (Phi) is 7.05. The topological polar surface area (TPSA) is 96.0 Å². The van der Waals surface area contributed by atoms with Crippen LogP contribution in [0.5, 0.6) is 17.2 Å². The molecular weight excluding hydrogens is 575 g/mol. The van der Waals surface area contributed by atoms with Crippen molar-refractivity contribution >= 4 is 17.6 Å². The zero-order valence-corrected chi connectivity index (χ0v) is 24.0. The zero-order valence-electron chi connectivity index (χ0n) is 24.0. The predicted molar refractivity (Wildman–Crippen MR) is 154 cm³/mol. The number of alkyl halides is 3. The summed E-state index contributed by atoms with van der Waals surface area (Å²) in [5.74, 6) is 1.78. The van der Waals surface area contributed by atoms with Gasteiger partial charge in [0.25, 0.3) is 5.91 Å². The molecule has 44 heavy (non-hydrogen) atoms. The maximum absolute atomic E-state index is 14.1. The van der Waals surface area contributed by atoms with Crippen molar-refractivity contribution in [2.24, 2.45) is 0 Å².